The van der Waals surface area contributed by atoms with Crippen molar-refractivity contribution in [3.63, 3.8) is 0 Å². The summed E-state index contributed by atoms with van der Waals surface area (Å²) in [5, 5.41) is 0. The molecule has 4 heteroatoms. The average Bonchev–Trinajstić information content (AvgIpc) is 3.14. The van der Waals surface area contributed by atoms with Crippen LogP contribution in [0.5, 0.6) is 0 Å². The van der Waals surface area contributed by atoms with Gasteiger partial charge in [0.25, 0.3) is 0 Å². The third kappa shape index (κ3) is 0.549. The summed E-state index contributed by atoms with van der Waals surface area (Å²) in [6.07, 6.45) is 5.63. The first-order valence-corrected chi connectivity index (χ1v) is 6.06. The zero-order valence-corrected chi connectivity index (χ0v) is 9.30. The summed E-state index contributed by atoms with van der Waals surface area (Å²) >= 11 is 0. The highest BCUT2D eigenvalue weighted by Crippen LogP contribution is 2.76. The minimum atomic E-state index is -0.488. The van der Waals surface area contributed by atoms with E-state index in [1.54, 1.807) is 0 Å². The first kappa shape index (κ1) is 8.64. The van der Waals surface area contributed by atoms with Crippen LogP contribution in [-0.2, 0) is 19.2 Å². The molecule has 16 heavy (non-hydrogen) atoms. The van der Waals surface area contributed by atoms with Gasteiger partial charge in [-0.15, -0.1) is 0 Å². The zero-order valence-electron chi connectivity index (χ0n) is 9.30. The number of epoxide rings is 2. The van der Waals surface area contributed by atoms with Crippen LogP contribution < -0.4 is 0 Å². The lowest BCUT2D eigenvalue weighted by atomic mass is 9.71. The third-order valence-corrected chi connectivity index (χ3v) is 5.16. The third-order valence-electron chi connectivity index (χ3n) is 5.16. The van der Waals surface area contributed by atoms with Crippen LogP contribution >= 0.6 is 0 Å². The minimum Gasteiger partial charge on any atom is -0.362 e. The molecule has 2 spiro atoms. The molecule has 6 rings (SSSR count). The average molecular weight is 222 g/mol. The van der Waals surface area contributed by atoms with Crippen LogP contribution in [0, 0.1) is 5.92 Å². The first-order valence-electron chi connectivity index (χ1n) is 6.06. The summed E-state index contributed by atoms with van der Waals surface area (Å²) in [5.41, 5.74) is -0.847. The molecule has 6 aliphatic rings. The van der Waals surface area contributed by atoms with Crippen LogP contribution in [0.4, 0.5) is 0 Å². The SMILES string of the molecule is CC(C)C12OC1CC13OC1C1C=CC32OO1. The Hall–Kier alpha value is -0.420. The van der Waals surface area contributed by atoms with E-state index >= 15 is 0 Å². The molecule has 3 saturated heterocycles. The second-order valence-corrected chi connectivity index (χ2v) is 5.93. The lowest BCUT2D eigenvalue weighted by Gasteiger charge is -2.44. The summed E-state index contributed by atoms with van der Waals surface area (Å²) in [6, 6.07) is 0. The van der Waals surface area contributed by atoms with Crippen LogP contribution in [-0.4, -0.2) is 35.1 Å². The van der Waals surface area contributed by atoms with Gasteiger partial charge in [-0.25, -0.2) is 9.78 Å². The van der Waals surface area contributed by atoms with E-state index < -0.39 is 5.60 Å². The molecule has 0 aromatic rings. The van der Waals surface area contributed by atoms with Gasteiger partial charge in [0.2, 0.25) is 0 Å². The van der Waals surface area contributed by atoms with Crippen molar-refractivity contribution in [2.75, 3.05) is 0 Å². The quantitative estimate of drug-likeness (QED) is 0.376. The monoisotopic (exact) mass is 222 g/mol. The summed E-state index contributed by atoms with van der Waals surface area (Å²) < 4.78 is 11.9. The molecule has 0 aromatic heterocycles. The van der Waals surface area contributed by atoms with Crippen molar-refractivity contribution in [2.24, 2.45) is 5.92 Å². The van der Waals surface area contributed by atoms with Gasteiger partial charge in [-0.2, -0.15) is 0 Å². The van der Waals surface area contributed by atoms with Crippen molar-refractivity contribution in [1.29, 1.82) is 0 Å². The number of hydrogen-bond donors (Lipinski definition) is 0. The largest absolute Gasteiger partial charge is 0.362 e. The van der Waals surface area contributed by atoms with Crippen molar-refractivity contribution in [1.82, 2.24) is 0 Å². The lowest BCUT2D eigenvalue weighted by molar-refractivity contribution is -0.408. The molecular weight excluding hydrogens is 208 g/mol. The van der Waals surface area contributed by atoms with Crippen LogP contribution in [0.1, 0.15) is 20.3 Å². The number of fused-ring (bicyclic) bond motifs is 2. The zero-order chi connectivity index (χ0) is 10.8. The fourth-order valence-corrected chi connectivity index (χ4v) is 4.38. The normalized spacial score (nSPS) is 67.8. The molecule has 0 amide bonds. The molecule has 4 nitrogen and oxygen atoms in total. The highest BCUT2D eigenvalue weighted by Gasteiger charge is 2.94. The Labute approximate surface area is 93.4 Å². The van der Waals surface area contributed by atoms with Gasteiger partial charge >= 0.3 is 0 Å². The van der Waals surface area contributed by atoms with E-state index in [-0.39, 0.29) is 29.5 Å². The molecule has 0 radical (unpaired) electrons. The van der Waals surface area contributed by atoms with Crippen molar-refractivity contribution >= 4 is 0 Å². The highest BCUT2D eigenvalue weighted by molar-refractivity contribution is 5.47. The van der Waals surface area contributed by atoms with Gasteiger partial charge in [-0.05, 0) is 12.0 Å². The van der Waals surface area contributed by atoms with Crippen molar-refractivity contribution in [3.05, 3.63) is 12.2 Å². The standard InChI is InChI=1S/C12H14O4/c1-6(2)12-8(13-12)5-10-9(14-10)7-3-4-11(10,12)16-15-7/h3-4,6-9H,5H2,1-2H3. The molecule has 0 N–H and O–H groups in total. The van der Waals surface area contributed by atoms with Gasteiger partial charge in [0, 0.05) is 6.42 Å². The summed E-state index contributed by atoms with van der Waals surface area (Å²) in [4.78, 5) is 11.1. The molecule has 6 atom stereocenters. The maximum Gasteiger partial charge on any atom is 0.185 e. The predicted octanol–water partition coefficient (Wildman–Crippen LogP) is 0.960. The Kier molecular flexibility index (Phi) is 1.08. The van der Waals surface area contributed by atoms with E-state index in [1.165, 1.54) is 0 Å². The van der Waals surface area contributed by atoms with E-state index in [0.29, 0.717) is 5.92 Å². The molecule has 2 bridgehead atoms. The van der Waals surface area contributed by atoms with Gasteiger partial charge in [0.15, 0.2) is 5.60 Å². The van der Waals surface area contributed by atoms with Crippen molar-refractivity contribution < 1.29 is 19.2 Å². The smallest absolute Gasteiger partial charge is 0.185 e. The van der Waals surface area contributed by atoms with E-state index in [0.717, 1.165) is 6.42 Å². The van der Waals surface area contributed by atoms with Crippen LogP contribution in [0.2, 0.25) is 0 Å². The van der Waals surface area contributed by atoms with Crippen molar-refractivity contribution in [3.8, 4) is 0 Å². The molecule has 2 aliphatic carbocycles. The fourth-order valence-electron chi connectivity index (χ4n) is 4.38. The number of ether oxygens (including phenoxy) is 2. The van der Waals surface area contributed by atoms with Crippen LogP contribution in [0.15, 0.2) is 12.2 Å². The predicted molar refractivity (Wildman–Crippen MR) is 52.5 cm³/mol. The van der Waals surface area contributed by atoms with E-state index in [9.17, 15) is 0 Å². The first-order chi connectivity index (χ1) is 7.66. The number of hydrogen-bond acceptors (Lipinski definition) is 4. The minimum absolute atomic E-state index is 0.0106. The second kappa shape index (κ2) is 2.01. The molecule has 86 valence electrons. The van der Waals surface area contributed by atoms with E-state index in [1.807, 2.05) is 0 Å². The van der Waals surface area contributed by atoms with Gasteiger partial charge in [-0.3, -0.25) is 0 Å². The van der Waals surface area contributed by atoms with Gasteiger partial charge in [0.05, 0.1) is 6.10 Å². The van der Waals surface area contributed by atoms with E-state index in [2.05, 4.69) is 26.0 Å². The van der Waals surface area contributed by atoms with E-state index in [4.69, 9.17) is 19.2 Å². The Morgan fingerprint density at radius 3 is 2.88 bits per heavy atom. The molecular formula is C12H14O4. The molecule has 6 unspecified atom stereocenters. The molecule has 4 fully saturated rings. The van der Waals surface area contributed by atoms with Crippen LogP contribution in [0.25, 0.3) is 0 Å². The van der Waals surface area contributed by atoms with Crippen LogP contribution in [0.3, 0.4) is 0 Å². The van der Waals surface area contributed by atoms with Gasteiger partial charge < -0.3 is 9.47 Å². The van der Waals surface area contributed by atoms with Gasteiger partial charge in [-0.1, -0.05) is 19.9 Å². The maximum absolute atomic E-state index is 5.95. The fraction of sp³-hybridized carbons (Fsp3) is 0.833. The molecule has 1 saturated carbocycles. The topological polar surface area (TPSA) is 43.5 Å². The molecule has 4 heterocycles. The van der Waals surface area contributed by atoms with Crippen molar-refractivity contribution in [2.45, 2.75) is 55.4 Å². The maximum atomic E-state index is 5.95. The Bertz CT molecular complexity index is 433. The molecule has 4 aliphatic heterocycles. The second-order valence-electron chi connectivity index (χ2n) is 5.93. The summed E-state index contributed by atoms with van der Waals surface area (Å²) in [7, 11) is 0. The lowest BCUT2D eigenvalue weighted by Crippen LogP contribution is -2.62. The highest BCUT2D eigenvalue weighted by atomic mass is 17.2. The summed E-state index contributed by atoms with van der Waals surface area (Å²) in [5.74, 6) is 0.407. The Morgan fingerprint density at radius 2 is 2.19 bits per heavy atom. The Balaban J connectivity index is 1.76. The number of rotatable bonds is 1. The summed E-state index contributed by atoms with van der Waals surface area (Å²) in [6.45, 7) is 4.37. The van der Waals surface area contributed by atoms with Gasteiger partial charge in [0.1, 0.15) is 23.4 Å². The molecule has 0 aromatic carbocycles. The Morgan fingerprint density at radius 1 is 1.31 bits per heavy atom.